The van der Waals surface area contributed by atoms with Crippen molar-refractivity contribution in [3.05, 3.63) is 67.1 Å². The van der Waals surface area contributed by atoms with Gasteiger partial charge < -0.3 is 20.5 Å². The SMILES string of the molecule is COc1ccc(Nc2ncnc(Oc3cccc4cccnc34)c2N)cc1. The van der Waals surface area contributed by atoms with Gasteiger partial charge in [0.25, 0.3) is 0 Å². The first-order valence-corrected chi connectivity index (χ1v) is 8.28. The molecule has 4 rings (SSSR count). The molecule has 0 aliphatic rings. The first kappa shape index (κ1) is 16.6. The number of nitrogens with zero attached hydrogens (tertiary/aromatic N) is 3. The van der Waals surface area contributed by atoms with Gasteiger partial charge in [0.2, 0.25) is 5.88 Å². The highest BCUT2D eigenvalue weighted by molar-refractivity contribution is 5.84. The molecule has 3 N–H and O–H groups in total. The average Bonchev–Trinajstić information content (AvgIpc) is 2.72. The van der Waals surface area contributed by atoms with Crippen LogP contribution >= 0.6 is 0 Å². The highest BCUT2D eigenvalue weighted by Gasteiger charge is 2.12. The summed E-state index contributed by atoms with van der Waals surface area (Å²) in [6.45, 7) is 0. The van der Waals surface area contributed by atoms with Crippen LogP contribution in [0.2, 0.25) is 0 Å². The van der Waals surface area contributed by atoms with E-state index in [-0.39, 0.29) is 5.88 Å². The molecular formula is C20H17N5O2. The van der Waals surface area contributed by atoms with Gasteiger partial charge in [-0.2, -0.15) is 4.98 Å². The summed E-state index contributed by atoms with van der Waals surface area (Å²) in [4.78, 5) is 12.7. The molecule has 27 heavy (non-hydrogen) atoms. The second kappa shape index (κ2) is 7.17. The van der Waals surface area contributed by atoms with Crippen molar-refractivity contribution in [3.63, 3.8) is 0 Å². The summed E-state index contributed by atoms with van der Waals surface area (Å²) < 4.78 is 11.1. The fourth-order valence-electron chi connectivity index (χ4n) is 2.63. The largest absolute Gasteiger partial charge is 0.497 e. The van der Waals surface area contributed by atoms with Crippen LogP contribution in [0, 0.1) is 0 Å². The zero-order valence-electron chi connectivity index (χ0n) is 14.6. The molecule has 2 aromatic carbocycles. The minimum Gasteiger partial charge on any atom is -0.497 e. The molecule has 0 saturated carbocycles. The van der Waals surface area contributed by atoms with Gasteiger partial charge in [0, 0.05) is 17.3 Å². The molecule has 0 atom stereocenters. The maximum atomic E-state index is 6.22. The van der Waals surface area contributed by atoms with Crippen LogP contribution in [0.4, 0.5) is 17.2 Å². The van der Waals surface area contributed by atoms with Crippen molar-refractivity contribution in [1.29, 1.82) is 0 Å². The monoisotopic (exact) mass is 359 g/mol. The predicted molar refractivity (Wildman–Crippen MR) is 105 cm³/mol. The van der Waals surface area contributed by atoms with Crippen LogP contribution in [0.5, 0.6) is 17.4 Å². The van der Waals surface area contributed by atoms with Crippen LogP contribution in [0.1, 0.15) is 0 Å². The van der Waals surface area contributed by atoms with Crippen LogP contribution in [0.15, 0.2) is 67.1 Å². The maximum absolute atomic E-state index is 6.22. The lowest BCUT2D eigenvalue weighted by Gasteiger charge is -2.12. The number of pyridine rings is 1. The van der Waals surface area contributed by atoms with E-state index in [1.54, 1.807) is 13.3 Å². The molecule has 134 valence electrons. The number of ether oxygens (including phenoxy) is 2. The number of benzene rings is 2. The molecule has 7 heteroatoms. The standard InChI is InChI=1S/C20H17N5O2/c1-26-15-9-7-14(8-10-15)25-19-17(21)20(24-12-23-19)27-16-6-2-4-13-5-3-11-22-18(13)16/h2-12H,21H2,1H3,(H,23,24,25). The number of hydrogen-bond donors (Lipinski definition) is 2. The van der Waals surface area contributed by atoms with Gasteiger partial charge in [-0.25, -0.2) is 4.98 Å². The number of rotatable bonds is 5. The zero-order chi connectivity index (χ0) is 18.6. The van der Waals surface area contributed by atoms with Crippen LogP contribution in [-0.4, -0.2) is 22.1 Å². The Morgan fingerprint density at radius 3 is 2.56 bits per heavy atom. The van der Waals surface area contributed by atoms with Gasteiger partial charge in [-0.3, -0.25) is 4.98 Å². The van der Waals surface area contributed by atoms with Crippen molar-refractivity contribution in [2.75, 3.05) is 18.2 Å². The van der Waals surface area contributed by atoms with Gasteiger partial charge in [0.05, 0.1) is 7.11 Å². The number of hydrogen-bond acceptors (Lipinski definition) is 7. The predicted octanol–water partition coefficient (Wildman–Crippen LogP) is 4.15. The zero-order valence-corrected chi connectivity index (χ0v) is 14.6. The summed E-state index contributed by atoms with van der Waals surface area (Å²) in [5.41, 5.74) is 8.09. The number of fused-ring (bicyclic) bond motifs is 1. The normalized spacial score (nSPS) is 10.6. The van der Waals surface area contributed by atoms with E-state index in [0.717, 1.165) is 22.3 Å². The van der Waals surface area contributed by atoms with Crippen molar-refractivity contribution >= 4 is 28.1 Å². The van der Waals surface area contributed by atoms with Crippen molar-refractivity contribution in [1.82, 2.24) is 15.0 Å². The summed E-state index contributed by atoms with van der Waals surface area (Å²) in [5.74, 6) is 2.06. The molecule has 7 nitrogen and oxygen atoms in total. The summed E-state index contributed by atoms with van der Waals surface area (Å²) >= 11 is 0. The van der Waals surface area contributed by atoms with Gasteiger partial charge in [-0.1, -0.05) is 18.2 Å². The third kappa shape index (κ3) is 3.43. The highest BCUT2D eigenvalue weighted by atomic mass is 16.5. The minimum absolute atomic E-state index is 0.263. The molecule has 0 bridgehead atoms. The molecular weight excluding hydrogens is 342 g/mol. The lowest BCUT2D eigenvalue weighted by Crippen LogP contribution is -2.03. The minimum atomic E-state index is 0.263. The van der Waals surface area contributed by atoms with Crippen molar-refractivity contribution in [3.8, 4) is 17.4 Å². The third-order valence-corrected chi connectivity index (χ3v) is 4.00. The second-order valence-electron chi connectivity index (χ2n) is 5.73. The quantitative estimate of drug-likeness (QED) is 0.552. The first-order valence-electron chi connectivity index (χ1n) is 8.28. The number of nitrogen functional groups attached to an aromatic ring is 1. The van der Waals surface area contributed by atoms with Crippen LogP contribution < -0.4 is 20.5 Å². The molecule has 0 aliphatic carbocycles. The van der Waals surface area contributed by atoms with Crippen molar-refractivity contribution < 1.29 is 9.47 Å². The number of methoxy groups -OCH3 is 1. The van der Waals surface area contributed by atoms with E-state index in [1.165, 1.54) is 6.33 Å². The highest BCUT2D eigenvalue weighted by Crippen LogP contribution is 2.33. The Morgan fingerprint density at radius 1 is 0.926 bits per heavy atom. The number of nitrogens with one attached hydrogen (secondary N) is 1. The van der Waals surface area contributed by atoms with Crippen molar-refractivity contribution in [2.24, 2.45) is 0 Å². The molecule has 0 saturated heterocycles. The molecule has 0 amide bonds. The number of anilines is 3. The van der Waals surface area contributed by atoms with E-state index >= 15 is 0 Å². The van der Waals surface area contributed by atoms with E-state index in [1.807, 2.05) is 54.6 Å². The fraction of sp³-hybridized carbons (Fsp3) is 0.0500. The molecule has 4 aromatic rings. The molecule has 0 spiro atoms. The first-order chi connectivity index (χ1) is 13.2. The van der Waals surface area contributed by atoms with Crippen LogP contribution in [0.25, 0.3) is 10.9 Å². The molecule has 0 fully saturated rings. The Bertz CT molecular complexity index is 1080. The Labute approximate surface area is 155 Å². The average molecular weight is 359 g/mol. The van der Waals surface area contributed by atoms with E-state index < -0.39 is 0 Å². The molecule has 0 aliphatic heterocycles. The fourth-order valence-corrected chi connectivity index (χ4v) is 2.63. The van der Waals surface area contributed by atoms with E-state index in [4.69, 9.17) is 15.2 Å². The van der Waals surface area contributed by atoms with Gasteiger partial charge in [0.1, 0.15) is 23.3 Å². The lowest BCUT2D eigenvalue weighted by atomic mass is 10.2. The molecule has 2 heterocycles. The summed E-state index contributed by atoms with van der Waals surface area (Å²) in [6, 6.07) is 17.0. The topological polar surface area (TPSA) is 95.2 Å². The van der Waals surface area contributed by atoms with Gasteiger partial charge in [0.15, 0.2) is 11.6 Å². The van der Waals surface area contributed by atoms with E-state index in [9.17, 15) is 0 Å². The number of nitrogens with two attached hydrogens (primary N) is 1. The summed E-state index contributed by atoms with van der Waals surface area (Å²) in [7, 11) is 1.62. The number of aromatic nitrogens is 3. The third-order valence-electron chi connectivity index (χ3n) is 4.00. The Balaban J connectivity index is 1.63. The summed E-state index contributed by atoms with van der Waals surface area (Å²) in [6.07, 6.45) is 3.12. The van der Waals surface area contributed by atoms with E-state index in [0.29, 0.717) is 17.3 Å². The van der Waals surface area contributed by atoms with E-state index in [2.05, 4.69) is 20.3 Å². The summed E-state index contributed by atoms with van der Waals surface area (Å²) in [5, 5.41) is 4.13. The smallest absolute Gasteiger partial charge is 0.248 e. The molecule has 0 radical (unpaired) electrons. The maximum Gasteiger partial charge on any atom is 0.248 e. The lowest BCUT2D eigenvalue weighted by molar-refractivity contribution is 0.415. The van der Waals surface area contributed by atoms with Gasteiger partial charge in [-0.05, 0) is 36.4 Å². The van der Waals surface area contributed by atoms with Gasteiger partial charge >= 0.3 is 0 Å². The van der Waals surface area contributed by atoms with Gasteiger partial charge in [-0.15, -0.1) is 0 Å². The molecule has 0 unspecified atom stereocenters. The second-order valence-corrected chi connectivity index (χ2v) is 5.73. The Morgan fingerprint density at radius 2 is 1.74 bits per heavy atom. The van der Waals surface area contributed by atoms with Crippen molar-refractivity contribution in [2.45, 2.75) is 0 Å². The van der Waals surface area contributed by atoms with Crippen LogP contribution in [-0.2, 0) is 0 Å². The van der Waals surface area contributed by atoms with Crippen LogP contribution in [0.3, 0.4) is 0 Å². The Hall–Kier alpha value is -3.87. The number of para-hydroxylation sites is 1. The Kier molecular flexibility index (Phi) is 4.40. The molecule has 2 aromatic heterocycles.